The van der Waals surface area contributed by atoms with Crippen molar-refractivity contribution in [1.82, 2.24) is 29.9 Å². The van der Waals surface area contributed by atoms with E-state index in [-0.39, 0.29) is 0 Å². The predicted octanol–water partition coefficient (Wildman–Crippen LogP) is 2.68. The van der Waals surface area contributed by atoms with Crippen molar-refractivity contribution in [2.45, 2.75) is 56.7 Å². The minimum Gasteiger partial charge on any atom is -0.381 e. The molecule has 0 amide bonds. The van der Waals surface area contributed by atoms with Crippen molar-refractivity contribution in [2.24, 2.45) is 0 Å². The summed E-state index contributed by atoms with van der Waals surface area (Å²) in [5.41, 5.74) is 2.46. The van der Waals surface area contributed by atoms with Crippen LogP contribution in [0.5, 0.6) is 0 Å². The number of hydrogen-bond acceptors (Lipinski definition) is 7. The zero-order chi connectivity index (χ0) is 19.5. The van der Waals surface area contributed by atoms with Gasteiger partial charge >= 0.3 is 0 Å². The highest BCUT2D eigenvalue weighted by molar-refractivity contribution is 5.58. The maximum Gasteiger partial charge on any atom is 0.223 e. The second-order valence-electron chi connectivity index (χ2n) is 7.96. The van der Waals surface area contributed by atoms with Gasteiger partial charge in [0.25, 0.3) is 0 Å². The van der Waals surface area contributed by atoms with Gasteiger partial charge in [-0.1, -0.05) is 0 Å². The predicted molar refractivity (Wildman–Crippen MR) is 111 cm³/mol. The molecule has 0 unspecified atom stereocenters. The molecule has 2 aliphatic rings. The summed E-state index contributed by atoms with van der Waals surface area (Å²) in [6.07, 6.45) is 12.4. The highest BCUT2D eigenvalue weighted by atomic mass is 16.5. The van der Waals surface area contributed by atoms with Crippen LogP contribution in [0, 0.1) is 0 Å². The number of rotatable bonds is 5. The molecule has 8 heteroatoms. The van der Waals surface area contributed by atoms with E-state index in [4.69, 9.17) is 9.72 Å². The van der Waals surface area contributed by atoms with Crippen LogP contribution < -0.4 is 10.6 Å². The zero-order valence-corrected chi connectivity index (χ0v) is 16.5. The molecule has 1 aliphatic heterocycles. The molecule has 0 atom stereocenters. The molecule has 4 heterocycles. The summed E-state index contributed by atoms with van der Waals surface area (Å²) in [5, 5.41) is 11.6. The molecule has 0 bridgehead atoms. The second kappa shape index (κ2) is 8.42. The highest BCUT2D eigenvalue weighted by Gasteiger charge is 2.24. The number of nitrogens with one attached hydrogen (secondary N) is 2. The third-order valence-corrected chi connectivity index (χ3v) is 5.93. The summed E-state index contributed by atoms with van der Waals surface area (Å²) in [7, 11) is 0. The molecule has 1 saturated carbocycles. The van der Waals surface area contributed by atoms with Crippen LogP contribution in [0.25, 0.3) is 17.0 Å². The van der Waals surface area contributed by atoms with Crippen molar-refractivity contribution >= 4 is 11.6 Å². The van der Waals surface area contributed by atoms with Crippen LogP contribution in [0.2, 0.25) is 0 Å². The van der Waals surface area contributed by atoms with Gasteiger partial charge in [-0.05, 0) is 50.7 Å². The van der Waals surface area contributed by atoms with Crippen LogP contribution in [-0.4, -0.2) is 55.9 Å². The van der Waals surface area contributed by atoms with Gasteiger partial charge in [0.05, 0.1) is 17.6 Å². The van der Waals surface area contributed by atoms with E-state index in [0.29, 0.717) is 24.1 Å². The van der Waals surface area contributed by atoms with Crippen LogP contribution in [-0.2, 0) is 4.74 Å². The van der Waals surface area contributed by atoms with E-state index in [2.05, 4.69) is 25.7 Å². The van der Waals surface area contributed by atoms with Crippen molar-refractivity contribution in [3.05, 3.63) is 36.8 Å². The SMILES string of the molecule is c1cc(-c2ccn3nccc3n2)nc(N[C@H]2CC[C@H](NC3CCOCC3)CC2)n1. The monoisotopic (exact) mass is 393 g/mol. The number of nitrogens with zero attached hydrogens (tertiary/aromatic N) is 5. The van der Waals surface area contributed by atoms with E-state index in [1.165, 1.54) is 12.8 Å². The molecule has 2 fully saturated rings. The highest BCUT2D eigenvalue weighted by Crippen LogP contribution is 2.23. The number of hydrogen-bond donors (Lipinski definition) is 2. The second-order valence-corrected chi connectivity index (χ2v) is 7.96. The third kappa shape index (κ3) is 4.38. The van der Waals surface area contributed by atoms with E-state index >= 15 is 0 Å². The molecular weight excluding hydrogens is 366 g/mol. The van der Waals surface area contributed by atoms with Crippen LogP contribution in [0.4, 0.5) is 5.95 Å². The van der Waals surface area contributed by atoms with Crippen LogP contribution in [0.1, 0.15) is 38.5 Å². The van der Waals surface area contributed by atoms with Crippen LogP contribution in [0.3, 0.4) is 0 Å². The molecule has 2 N–H and O–H groups in total. The van der Waals surface area contributed by atoms with E-state index < -0.39 is 0 Å². The van der Waals surface area contributed by atoms with Crippen molar-refractivity contribution in [1.29, 1.82) is 0 Å². The maximum atomic E-state index is 5.46. The van der Waals surface area contributed by atoms with E-state index in [9.17, 15) is 0 Å². The van der Waals surface area contributed by atoms with Gasteiger partial charge in [-0.15, -0.1) is 0 Å². The molecule has 3 aromatic rings. The molecular formula is C21H27N7O. The average Bonchev–Trinajstić information content (AvgIpc) is 3.24. The van der Waals surface area contributed by atoms with Gasteiger partial charge in [0.15, 0.2) is 5.65 Å². The Morgan fingerprint density at radius 2 is 1.59 bits per heavy atom. The summed E-state index contributed by atoms with van der Waals surface area (Å²) in [6, 6.07) is 7.38. The fraction of sp³-hybridized carbons (Fsp3) is 0.524. The molecule has 0 radical (unpaired) electrons. The summed E-state index contributed by atoms with van der Waals surface area (Å²) < 4.78 is 7.20. The Balaban J connectivity index is 1.19. The smallest absolute Gasteiger partial charge is 0.223 e. The summed E-state index contributed by atoms with van der Waals surface area (Å²) in [5.74, 6) is 0.679. The van der Waals surface area contributed by atoms with Crippen molar-refractivity contribution < 1.29 is 4.74 Å². The Morgan fingerprint density at radius 3 is 2.45 bits per heavy atom. The first-order chi connectivity index (χ1) is 14.3. The van der Waals surface area contributed by atoms with E-state index in [0.717, 1.165) is 55.9 Å². The van der Waals surface area contributed by atoms with Gasteiger partial charge in [0, 0.05) is 49.8 Å². The third-order valence-electron chi connectivity index (χ3n) is 5.93. The average molecular weight is 393 g/mol. The Bertz CT molecular complexity index is 945. The van der Waals surface area contributed by atoms with Crippen molar-refractivity contribution in [3.63, 3.8) is 0 Å². The first kappa shape index (κ1) is 18.4. The molecule has 1 aliphatic carbocycles. The summed E-state index contributed by atoms with van der Waals surface area (Å²) in [4.78, 5) is 13.7. The fourth-order valence-electron chi connectivity index (χ4n) is 4.31. The minimum absolute atomic E-state index is 0.420. The molecule has 3 aromatic heterocycles. The Hall–Kier alpha value is -2.58. The number of anilines is 1. The quantitative estimate of drug-likeness (QED) is 0.689. The van der Waals surface area contributed by atoms with Crippen molar-refractivity contribution in [2.75, 3.05) is 18.5 Å². The fourth-order valence-corrected chi connectivity index (χ4v) is 4.31. The molecule has 5 rings (SSSR count). The lowest BCUT2D eigenvalue weighted by Gasteiger charge is -2.33. The largest absolute Gasteiger partial charge is 0.381 e. The Labute approximate surface area is 170 Å². The molecule has 0 aromatic carbocycles. The maximum absolute atomic E-state index is 5.46. The van der Waals surface area contributed by atoms with Gasteiger partial charge < -0.3 is 15.4 Å². The zero-order valence-electron chi connectivity index (χ0n) is 16.5. The van der Waals surface area contributed by atoms with Gasteiger partial charge in [0.1, 0.15) is 0 Å². The molecule has 152 valence electrons. The molecule has 0 spiro atoms. The van der Waals surface area contributed by atoms with Crippen LogP contribution >= 0.6 is 0 Å². The van der Waals surface area contributed by atoms with E-state index in [1.807, 2.05) is 24.4 Å². The molecule has 29 heavy (non-hydrogen) atoms. The first-order valence-corrected chi connectivity index (χ1v) is 10.6. The van der Waals surface area contributed by atoms with Crippen molar-refractivity contribution in [3.8, 4) is 11.4 Å². The summed E-state index contributed by atoms with van der Waals surface area (Å²) >= 11 is 0. The Kier molecular flexibility index (Phi) is 5.36. The summed E-state index contributed by atoms with van der Waals surface area (Å²) in [6.45, 7) is 1.79. The van der Waals surface area contributed by atoms with Gasteiger partial charge in [-0.25, -0.2) is 19.5 Å². The van der Waals surface area contributed by atoms with Gasteiger partial charge in [-0.3, -0.25) is 0 Å². The standard InChI is InChI=1S/C21H27N7O/c1-3-16(4-2-15(1)24-17-8-13-29-14-9-17)25-21-22-10-5-18(27-21)19-7-12-28-20(26-19)6-11-23-28/h5-7,10-12,15-17,24H,1-4,8-9,13-14H2,(H,22,25,27)/t15-,16-. The lowest BCUT2D eigenvalue weighted by molar-refractivity contribution is 0.0730. The number of aromatic nitrogens is 5. The number of fused-ring (bicyclic) bond motifs is 1. The van der Waals surface area contributed by atoms with Crippen LogP contribution in [0.15, 0.2) is 36.8 Å². The van der Waals surface area contributed by atoms with Gasteiger partial charge in [0.2, 0.25) is 5.95 Å². The van der Waals surface area contributed by atoms with E-state index in [1.54, 1.807) is 16.9 Å². The van der Waals surface area contributed by atoms with Gasteiger partial charge in [-0.2, -0.15) is 5.10 Å². The minimum atomic E-state index is 0.420. The molecule has 1 saturated heterocycles. The lowest BCUT2D eigenvalue weighted by Crippen LogP contribution is -2.44. The Morgan fingerprint density at radius 1 is 0.828 bits per heavy atom. The lowest BCUT2D eigenvalue weighted by atomic mass is 9.90. The topological polar surface area (TPSA) is 89.3 Å². The normalized spacial score (nSPS) is 23.3. The first-order valence-electron chi connectivity index (χ1n) is 10.6. The molecule has 8 nitrogen and oxygen atoms in total. The number of ether oxygens (including phenoxy) is 1.